The first-order valence-corrected chi connectivity index (χ1v) is 9.15. The first kappa shape index (κ1) is 15.7. The lowest BCUT2D eigenvalue weighted by molar-refractivity contribution is -0.127. The number of rotatable bonds is 3. The first-order chi connectivity index (χ1) is 9.36. The molecule has 1 amide bonds. The molecule has 6 nitrogen and oxygen atoms in total. The van der Waals surface area contributed by atoms with Crippen LogP contribution in [-0.4, -0.2) is 69.1 Å². The molecule has 0 spiro atoms. The molecule has 7 heteroatoms. The highest BCUT2D eigenvalue weighted by molar-refractivity contribution is 7.88. The Morgan fingerprint density at radius 1 is 1.05 bits per heavy atom. The van der Waals surface area contributed by atoms with E-state index in [-0.39, 0.29) is 17.9 Å². The molecule has 0 aliphatic carbocycles. The number of likely N-dealkylation sites (tertiary alicyclic amines) is 1. The molecule has 0 radical (unpaired) electrons. The van der Waals surface area contributed by atoms with Gasteiger partial charge in [0, 0.05) is 25.0 Å². The number of amides is 1. The minimum absolute atomic E-state index is 0.0346. The smallest absolute Gasteiger partial charge is 0.223 e. The van der Waals surface area contributed by atoms with Gasteiger partial charge in [-0.05, 0) is 45.8 Å². The van der Waals surface area contributed by atoms with Gasteiger partial charge in [-0.15, -0.1) is 0 Å². The summed E-state index contributed by atoms with van der Waals surface area (Å²) in [5.74, 6) is 0.0698. The summed E-state index contributed by atoms with van der Waals surface area (Å²) in [5, 5.41) is 3.13. The van der Waals surface area contributed by atoms with E-state index in [1.54, 1.807) is 0 Å². The van der Waals surface area contributed by atoms with E-state index in [4.69, 9.17) is 0 Å². The van der Waals surface area contributed by atoms with Crippen molar-refractivity contribution in [1.29, 1.82) is 0 Å². The summed E-state index contributed by atoms with van der Waals surface area (Å²) in [6.07, 6.45) is 4.50. The van der Waals surface area contributed by atoms with Crippen LogP contribution < -0.4 is 5.32 Å². The molecule has 20 heavy (non-hydrogen) atoms. The molecule has 0 bridgehead atoms. The molecule has 2 aliphatic rings. The van der Waals surface area contributed by atoms with Crippen LogP contribution in [0.25, 0.3) is 0 Å². The molecule has 0 aromatic carbocycles. The number of carbonyl (C=O) groups excluding carboxylic acids is 1. The molecule has 2 rings (SSSR count). The summed E-state index contributed by atoms with van der Waals surface area (Å²) in [4.78, 5) is 14.5. The zero-order valence-electron chi connectivity index (χ0n) is 12.3. The van der Waals surface area contributed by atoms with E-state index in [0.717, 1.165) is 25.9 Å². The lowest BCUT2D eigenvalue weighted by atomic mass is 9.96. The van der Waals surface area contributed by atoms with Crippen LogP contribution >= 0.6 is 0 Å². The van der Waals surface area contributed by atoms with Crippen molar-refractivity contribution < 1.29 is 13.2 Å². The third kappa shape index (κ3) is 4.17. The Morgan fingerprint density at radius 2 is 1.60 bits per heavy atom. The van der Waals surface area contributed by atoms with Crippen LogP contribution in [0.1, 0.15) is 25.7 Å². The molecule has 2 fully saturated rings. The van der Waals surface area contributed by atoms with E-state index in [2.05, 4.69) is 17.3 Å². The van der Waals surface area contributed by atoms with Gasteiger partial charge in [-0.3, -0.25) is 4.79 Å². The Morgan fingerprint density at radius 3 is 2.10 bits per heavy atom. The molecule has 0 saturated carbocycles. The van der Waals surface area contributed by atoms with Gasteiger partial charge in [0.25, 0.3) is 0 Å². The van der Waals surface area contributed by atoms with Gasteiger partial charge in [0.15, 0.2) is 0 Å². The molecule has 2 saturated heterocycles. The molecule has 2 aliphatic heterocycles. The number of sulfonamides is 1. The maximum absolute atomic E-state index is 12.2. The van der Waals surface area contributed by atoms with Crippen LogP contribution in [-0.2, 0) is 14.8 Å². The number of hydrogen-bond donors (Lipinski definition) is 1. The van der Waals surface area contributed by atoms with Gasteiger partial charge >= 0.3 is 0 Å². The van der Waals surface area contributed by atoms with Crippen molar-refractivity contribution in [2.75, 3.05) is 39.5 Å². The number of carbonyl (C=O) groups is 1. The van der Waals surface area contributed by atoms with E-state index in [0.29, 0.717) is 25.9 Å². The average molecular weight is 303 g/mol. The van der Waals surface area contributed by atoms with Crippen molar-refractivity contribution in [3.63, 3.8) is 0 Å². The predicted molar refractivity (Wildman–Crippen MR) is 77.8 cm³/mol. The minimum atomic E-state index is -3.11. The highest BCUT2D eigenvalue weighted by Gasteiger charge is 2.30. The van der Waals surface area contributed by atoms with Crippen LogP contribution in [0.3, 0.4) is 0 Å². The summed E-state index contributed by atoms with van der Waals surface area (Å²) < 4.78 is 24.3. The largest absolute Gasteiger partial charge is 0.353 e. The summed E-state index contributed by atoms with van der Waals surface area (Å²) in [5.41, 5.74) is 0. The van der Waals surface area contributed by atoms with Gasteiger partial charge in [-0.1, -0.05) is 0 Å². The normalized spacial score (nSPS) is 24.7. The minimum Gasteiger partial charge on any atom is -0.353 e. The molecule has 2 heterocycles. The fourth-order valence-electron chi connectivity index (χ4n) is 2.92. The third-order valence-electron chi connectivity index (χ3n) is 4.36. The van der Waals surface area contributed by atoms with Gasteiger partial charge < -0.3 is 10.2 Å². The molecule has 1 N–H and O–H groups in total. The van der Waals surface area contributed by atoms with E-state index >= 15 is 0 Å². The second-order valence-electron chi connectivity index (χ2n) is 6.02. The fourth-order valence-corrected chi connectivity index (χ4v) is 3.80. The van der Waals surface area contributed by atoms with Crippen molar-refractivity contribution in [1.82, 2.24) is 14.5 Å². The number of hydrogen-bond acceptors (Lipinski definition) is 4. The Labute approximate surface area is 121 Å². The highest BCUT2D eigenvalue weighted by atomic mass is 32.2. The third-order valence-corrected chi connectivity index (χ3v) is 5.66. The predicted octanol–water partition coefficient (Wildman–Crippen LogP) is -0.132. The first-order valence-electron chi connectivity index (χ1n) is 7.30. The summed E-state index contributed by atoms with van der Waals surface area (Å²) in [6, 6.07) is 0.284. The topological polar surface area (TPSA) is 69.7 Å². The Bertz CT molecular complexity index is 436. The Kier molecular flexibility index (Phi) is 5.04. The Balaban J connectivity index is 1.77. The van der Waals surface area contributed by atoms with Gasteiger partial charge in [0.05, 0.1) is 6.26 Å². The van der Waals surface area contributed by atoms with E-state index in [1.807, 2.05) is 0 Å². The second-order valence-corrected chi connectivity index (χ2v) is 8.00. The lowest BCUT2D eigenvalue weighted by Crippen LogP contribution is -2.48. The summed E-state index contributed by atoms with van der Waals surface area (Å²) in [7, 11) is -1.02. The van der Waals surface area contributed by atoms with E-state index in [1.165, 1.54) is 10.6 Å². The van der Waals surface area contributed by atoms with Gasteiger partial charge in [0.1, 0.15) is 0 Å². The molecular formula is C13H25N3O3S. The van der Waals surface area contributed by atoms with Crippen LogP contribution in [0, 0.1) is 5.92 Å². The van der Waals surface area contributed by atoms with Crippen LogP contribution in [0.4, 0.5) is 0 Å². The van der Waals surface area contributed by atoms with Crippen LogP contribution in [0.5, 0.6) is 0 Å². The van der Waals surface area contributed by atoms with Gasteiger partial charge in [-0.2, -0.15) is 0 Å². The molecule has 0 unspecified atom stereocenters. The Hall–Kier alpha value is -0.660. The molecule has 0 aromatic heterocycles. The van der Waals surface area contributed by atoms with E-state index < -0.39 is 10.0 Å². The molecule has 0 atom stereocenters. The number of piperidine rings is 2. The van der Waals surface area contributed by atoms with E-state index in [9.17, 15) is 13.2 Å². The quantitative estimate of drug-likeness (QED) is 0.788. The van der Waals surface area contributed by atoms with Crippen molar-refractivity contribution in [3.05, 3.63) is 0 Å². The SMILES string of the molecule is CN1CCC(NC(=O)C2CCN(S(C)(=O)=O)CC2)CC1. The van der Waals surface area contributed by atoms with Crippen LogP contribution in [0.15, 0.2) is 0 Å². The van der Waals surface area contributed by atoms with Crippen molar-refractivity contribution in [3.8, 4) is 0 Å². The standard InChI is InChI=1S/C13H25N3O3S/c1-15-7-5-12(6-8-15)14-13(17)11-3-9-16(10-4-11)20(2,18)19/h11-12H,3-10H2,1-2H3,(H,14,17). The van der Waals surface area contributed by atoms with Crippen molar-refractivity contribution in [2.45, 2.75) is 31.7 Å². The van der Waals surface area contributed by atoms with Gasteiger partial charge in [0.2, 0.25) is 15.9 Å². The monoisotopic (exact) mass is 303 g/mol. The van der Waals surface area contributed by atoms with Crippen LogP contribution in [0.2, 0.25) is 0 Å². The zero-order valence-corrected chi connectivity index (χ0v) is 13.2. The molecular weight excluding hydrogens is 278 g/mol. The number of nitrogens with one attached hydrogen (secondary N) is 1. The fraction of sp³-hybridized carbons (Fsp3) is 0.923. The second kappa shape index (κ2) is 6.41. The lowest BCUT2D eigenvalue weighted by Gasteiger charge is -2.33. The van der Waals surface area contributed by atoms with Crippen molar-refractivity contribution in [2.24, 2.45) is 5.92 Å². The maximum atomic E-state index is 12.2. The summed E-state index contributed by atoms with van der Waals surface area (Å²) in [6.45, 7) is 2.98. The molecule has 0 aromatic rings. The summed E-state index contributed by atoms with van der Waals surface area (Å²) >= 11 is 0. The maximum Gasteiger partial charge on any atom is 0.223 e. The average Bonchev–Trinajstić information content (AvgIpc) is 2.40. The van der Waals surface area contributed by atoms with Gasteiger partial charge in [-0.25, -0.2) is 12.7 Å². The highest BCUT2D eigenvalue weighted by Crippen LogP contribution is 2.20. The van der Waals surface area contributed by atoms with Crippen molar-refractivity contribution >= 4 is 15.9 Å². The number of nitrogens with zero attached hydrogens (tertiary/aromatic N) is 2. The zero-order chi connectivity index (χ0) is 14.8. The molecule has 116 valence electrons.